The number of nitrogens with one attached hydrogen (secondary N) is 1. The lowest BCUT2D eigenvalue weighted by Crippen LogP contribution is -2.35. The second-order valence-corrected chi connectivity index (χ2v) is 4.56. The average molecular weight is 260 g/mol. The molecule has 1 aromatic heterocycles. The zero-order chi connectivity index (χ0) is 13.2. The summed E-state index contributed by atoms with van der Waals surface area (Å²) in [6, 6.07) is 6.04. The minimum Gasteiger partial charge on any atom is -0.379 e. The fraction of sp³-hybridized carbons (Fsp3) is 0.286. The van der Waals surface area contributed by atoms with Gasteiger partial charge in [0.25, 0.3) is 5.91 Å². The molecule has 5 heteroatoms. The Kier molecular flexibility index (Phi) is 3.13. The van der Waals surface area contributed by atoms with Crippen LogP contribution in [0.2, 0.25) is 0 Å². The molecule has 0 aliphatic carbocycles. The third-order valence-corrected chi connectivity index (χ3v) is 3.18. The van der Waals surface area contributed by atoms with Crippen LogP contribution in [0.4, 0.5) is 4.39 Å². The molecule has 1 fully saturated rings. The molecular formula is C14H13FN2O2. The van der Waals surface area contributed by atoms with Crippen LogP contribution in [-0.4, -0.2) is 30.1 Å². The van der Waals surface area contributed by atoms with E-state index >= 15 is 0 Å². The summed E-state index contributed by atoms with van der Waals surface area (Å²) in [5.41, 5.74) is 0.780. The molecule has 19 heavy (non-hydrogen) atoms. The number of carbonyl (C=O) groups is 1. The largest absolute Gasteiger partial charge is 0.379 e. The molecule has 0 bridgehead atoms. The molecule has 0 spiro atoms. The number of rotatable bonds is 2. The summed E-state index contributed by atoms with van der Waals surface area (Å²) in [6.45, 7) is 1.15. The highest BCUT2D eigenvalue weighted by atomic mass is 19.1. The van der Waals surface area contributed by atoms with E-state index in [0.717, 1.165) is 6.42 Å². The summed E-state index contributed by atoms with van der Waals surface area (Å²) in [6.07, 6.45) is 2.38. The summed E-state index contributed by atoms with van der Waals surface area (Å²) in [7, 11) is 0. The van der Waals surface area contributed by atoms with Gasteiger partial charge < -0.3 is 10.1 Å². The lowest BCUT2D eigenvalue weighted by Gasteiger charge is -2.12. The van der Waals surface area contributed by atoms with E-state index in [4.69, 9.17) is 4.74 Å². The number of fused-ring (bicyclic) bond motifs is 1. The molecule has 3 rings (SSSR count). The second kappa shape index (κ2) is 4.93. The Morgan fingerprint density at radius 3 is 3.16 bits per heavy atom. The minimum absolute atomic E-state index is 0.00507. The van der Waals surface area contributed by atoms with Gasteiger partial charge in [-0.15, -0.1) is 0 Å². The van der Waals surface area contributed by atoms with Gasteiger partial charge in [-0.1, -0.05) is 6.07 Å². The van der Waals surface area contributed by atoms with E-state index in [1.54, 1.807) is 18.3 Å². The number of amides is 1. The molecule has 1 aliphatic heterocycles. The summed E-state index contributed by atoms with van der Waals surface area (Å²) in [5.74, 6) is -0.743. The van der Waals surface area contributed by atoms with Crippen molar-refractivity contribution in [3.63, 3.8) is 0 Å². The smallest absolute Gasteiger partial charge is 0.253 e. The zero-order valence-electron chi connectivity index (χ0n) is 10.2. The molecule has 4 nitrogen and oxygen atoms in total. The minimum atomic E-state index is -0.437. The van der Waals surface area contributed by atoms with Gasteiger partial charge in [0, 0.05) is 18.2 Å². The predicted molar refractivity (Wildman–Crippen MR) is 68.4 cm³/mol. The fourth-order valence-corrected chi connectivity index (χ4v) is 2.24. The second-order valence-electron chi connectivity index (χ2n) is 4.56. The van der Waals surface area contributed by atoms with Crippen molar-refractivity contribution in [1.29, 1.82) is 0 Å². The van der Waals surface area contributed by atoms with Crippen LogP contribution in [0.3, 0.4) is 0 Å². The Morgan fingerprint density at radius 1 is 1.47 bits per heavy atom. The SMILES string of the molecule is O=C(NC1CCOC1)c1cc(F)cc2cccnc12. The number of aromatic nitrogens is 1. The summed E-state index contributed by atoms with van der Waals surface area (Å²) in [4.78, 5) is 16.4. The molecule has 2 aromatic rings. The standard InChI is InChI=1S/C14H13FN2O2/c15-10-6-9-2-1-4-16-13(9)12(7-10)14(18)17-11-3-5-19-8-11/h1-2,4,6-7,11H,3,5,8H2,(H,17,18). The Bertz CT molecular complexity index is 624. The first-order valence-corrected chi connectivity index (χ1v) is 6.17. The fourth-order valence-electron chi connectivity index (χ4n) is 2.24. The highest BCUT2D eigenvalue weighted by Gasteiger charge is 2.20. The number of hydrogen-bond acceptors (Lipinski definition) is 3. The molecule has 1 saturated heterocycles. The van der Waals surface area contributed by atoms with Crippen LogP contribution >= 0.6 is 0 Å². The van der Waals surface area contributed by atoms with E-state index in [9.17, 15) is 9.18 Å². The van der Waals surface area contributed by atoms with Crippen LogP contribution in [0, 0.1) is 5.82 Å². The lowest BCUT2D eigenvalue weighted by atomic mass is 10.1. The molecule has 0 saturated carbocycles. The first kappa shape index (κ1) is 12.0. The maximum Gasteiger partial charge on any atom is 0.253 e. The third kappa shape index (κ3) is 2.42. The van der Waals surface area contributed by atoms with Gasteiger partial charge >= 0.3 is 0 Å². The van der Waals surface area contributed by atoms with Crippen molar-refractivity contribution in [1.82, 2.24) is 10.3 Å². The Balaban J connectivity index is 1.96. The van der Waals surface area contributed by atoms with Gasteiger partial charge in [0.2, 0.25) is 0 Å². The van der Waals surface area contributed by atoms with E-state index < -0.39 is 5.82 Å². The number of hydrogen-bond donors (Lipinski definition) is 1. The van der Waals surface area contributed by atoms with Crippen LogP contribution in [0.15, 0.2) is 30.5 Å². The molecule has 2 heterocycles. The van der Waals surface area contributed by atoms with Crippen LogP contribution in [0.5, 0.6) is 0 Å². The number of halogens is 1. The van der Waals surface area contributed by atoms with E-state index in [-0.39, 0.29) is 17.5 Å². The van der Waals surface area contributed by atoms with Crippen molar-refractivity contribution < 1.29 is 13.9 Å². The van der Waals surface area contributed by atoms with Gasteiger partial charge in [0.05, 0.1) is 23.7 Å². The van der Waals surface area contributed by atoms with E-state index in [0.29, 0.717) is 24.1 Å². The monoisotopic (exact) mass is 260 g/mol. The molecule has 0 radical (unpaired) electrons. The van der Waals surface area contributed by atoms with Crippen molar-refractivity contribution >= 4 is 16.8 Å². The predicted octanol–water partition coefficient (Wildman–Crippen LogP) is 1.89. The number of ether oxygens (including phenoxy) is 1. The van der Waals surface area contributed by atoms with Gasteiger partial charge in [-0.05, 0) is 24.6 Å². The quantitative estimate of drug-likeness (QED) is 0.897. The van der Waals surface area contributed by atoms with E-state index in [2.05, 4.69) is 10.3 Å². The van der Waals surface area contributed by atoms with Crippen LogP contribution in [-0.2, 0) is 4.74 Å². The highest BCUT2D eigenvalue weighted by molar-refractivity contribution is 6.05. The van der Waals surface area contributed by atoms with Gasteiger partial charge in [-0.3, -0.25) is 9.78 Å². The first-order chi connectivity index (χ1) is 9.24. The van der Waals surface area contributed by atoms with E-state index in [1.807, 2.05) is 0 Å². The average Bonchev–Trinajstić information content (AvgIpc) is 2.90. The van der Waals surface area contributed by atoms with Crippen LogP contribution < -0.4 is 5.32 Å². The van der Waals surface area contributed by atoms with Gasteiger partial charge in [0.15, 0.2) is 0 Å². The third-order valence-electron chi connectivity index (χ3n) is 3.18. The number of pyridine rings is 1. The number of benzene rings is 1. The Labute approximate surface area is 109 Å². The van der Waals surface area contributed by atoms with Gasteiger partial charge in [-0.2, -0.15) is 0 Å². The van der Waals surface area contributed by atoms with E-state index in [1.165, 1.54) is 12.1 Å². The summed E-state index contributed by atoms with van der Waals surface area (Å²) < 4.78 is 18.7. The molecule has 1 aliphatic rings. The maximum atomic E-state index is 13.5. The number of carbonyl (C=O) groups excluding carboxylic acids is 1. The molecule has 1 unspecified atom stereocenters. The highest BCUT2D eigenvalue weighted by Crippen LogP contribution is 2.19. The van der Waals surface area contributed by atoms with Crippen molar-refractivity contribution in [2.45, 2.75) is 12.5 Å². The molecule has 1 aromatic carbocycles. The maximum absolute atomic E-state index is 13.5. The summed E-state index contributed by atoms with van der Waals surface area (Å²) >= 11 is 0. The van der Waals surface area contributed by atoms with Crippen LogP contribution in [0.1, 0.15) is 16.8 Å². The first-order valence-electron chi connectivity index (χ1n) is 6.17. The van der Waals surface area contributed by atoms with Crippen molar-refractivity contribution in [3.8, 4) is 0 Å². The Hall–Kier alpha value is -2.01. The van der Waals surface area contributed by atoms with Gasteiger partial charge in [-0.25, -0.2) is 4.39 Å². The van der Waals surface area contributed by atoms with Crippen molar-refractivity contribution in [2.75, 3.05) is 13.2 Å². The summed E-state index contributed by atoms with van der Waals surface area (Å²) in [5, 5.41) is 3.46. The molecular weight excluding hydrogens is 247 g/mol. The van der Waals surface area contributed by atoms with Crippen LogP contribution in [0.25, 0.3) is 10.9 Å². The molecule has 1 N–H and O–H groups in total. The molecule has 1 amide bonds. The zero-order valence-corrected chi connectivity index (χ0v) is 10.2. The Morgan fingerprint density at radius 2 is 2.37 bits per heavy atom. The molecule has 98 valence electrons. The van der Waals surface area contributed by atoms with Crippen molar-refractivity contribution in [2.24, 2.45) is 0 Å². The number of nitrogens with zero attached hydrogens (tertiary/aromatic N) is 1. The lowest BCUT2D eigenvalue weighted by molar-refractivity contribution is 0.0931. The normalized spacial score (nSPS) is 18.7. The van der Waals surface area contributed by atoms with Gasteiger partial charge in [0.1, 0.15) is 5.82 Å². The van der Waals surface area contributed by atoms with Crippen molar-refractivity contribution in [3.05, 3.63) is 41.8 Å². The topological polar surface area (TPSA) is 51.2 Å². The molecule has 1 atom stereocenters.